The molecule has 2 heterocycles. The molecule has 2 aromatic heterocycles. The van der Waals surface area contributed by atoms with Crippen LogP contribution in [0.3, 0.4) is 0 Å². The minimum absolute atomic E-state index is 0.0370. The van der Waals surface area contributed by atoms with Crippen LogP contribution in [0.4, 0.5) is 0 Å². The van der Waals surface area contributed by atoms with Gasteiger partial charge in [-0.3, -0.25) is 14.3 Å². The third-order valence-electron chi connectivity index (χ3n) is 4.06. The standard InChI is InChI=1S/C16H20N4O2/c1-10-8-11(2)20(19-10)9-16(22)18-14-5-3-4-13-12(14)6-7-15(21)17-13/h6-8,14H,3-5,9H2,1-2H3,(H,17,21)(H,18,22). The topological polar surface area (TPSA) is 79.8 Å². The number of amides is 1. The number of carbonyl (C=O) groups is 1. The molecule has 6 heteroatoms. The number of aromatic nitrogens is 3. The summed E-state index contributed by atoms with van der Waals surface area (Å²) in [5.41, 5.74) is 3.75. The molecular weight excluding hydrogens is 280 g/mol. The number of aromatic amines is 1. The van der Waals surface area contributed by atoms with Crippen LogP contribution in [0.5, 0.6) is 0 Å². The first-order valence-corrected chi connectivity index (χ1v) is 7.55. The molecule has 116 valence electrons. The molecule has 1 aliphatic rings. The van der Waals surface area contributed by atoms with Crippen molar-refractivity contribution in [2.24, 2.45) is 0 Å². The van der Waals surface area contributed by atoms with Gasteiger partial charge in [-0.25, -0.2) is 0 Å². The van der Waals surface area contributed by atoms with E-state index in [-0.39, 0.29) is 24.1 Å². The summed E-state index contributed by atoms with van der Waals surface area (Å²) in [7, 11) is 0. The van der Waals surface area contributed by atoms with Crippen molar-refractivity contribution < 1.29 is 4.79 Å². The molecule has 0 aliphatic heterocycles. The smallest absolute Gasteiger partial charge is 0.248 e. The fourth-order valence-corrected chi connectivity index (χ4v) is 3.06. The molecule has 1 unspecified atom stereocenters. The largest absolute Gasteiger partial charge is 0.348 e. The normalized spacial score (nSPS) is 17.1. The van der Waals surface area contributed by atoms with Crippen LogP contribution >= 0.6 is 0 Å². The second kappa shape index (κ2) is 5.79. The number of nitrogens with zero attached hydrogens (tertiary/aromatic N) is 2. The van der Waals surface area contributed by atoms with E-state index in [1.165, 1.54) is 6.07 Å². The maximum absolute atomic E-state index is 12.3. The van der Waals surface area contributed by atoms with Crippen molar-refractivity contribution in [3.63, 3.8) is 0 Å². The Labute approximate surface area is 128 Å². The van der Waals surface area contributed by atoms with Crippen molar-refractivity contribution in [2.75, 3.05) is 0 Å². The summed E-state index contributed by atoms with van der Waals surface area (Å²) in [6, 6.07) is 5.25. The van der Waals surface area contributed by atoms with Crippen LogP contribution in [0.2, 0.25) is 0 Å². The molecule has 22 heavy (non-hydrogen) atoms. The fourth-order valence-electron chi connectivity index (χ4n) is 3.06. The Bertz CT molecular complexity index is 760. The van der Waals surface area contributed by atoms with Gasteiger partial charge < -0.3 is 10.3 Å². The molecule has 2 aromatic rings. The summed E-state index contributed by atoms with van der Waals surface area (Å²) in [6.45, 7) is 4.07. The summed E-state index contributed by atoms with van der Waals surface area (Å²) < 4.78 is 1.71. The Kier molecular flexibility index (Phi) is 3.83. The lowest BCUT2D eigenvalue weighted by atomic mass is 9.91. The average Bonchev–Trinajstić information content (AvgIpc) is 2.76. The number of H-pyrrole nitrogens is 1. The minimum Gasteiger partial charge on any atom is -0.348 e. The highest BCUT2D eigenvalue weighted by Crippen LogP contribution is 2.27. The molecule has 1 amide bonds. The van der Waals surface area contributed by atoms with Gasteiger partial charge in [0, 0.05) is 17.5 Å². The van der Waals surface area contributed by atoms with Crippen molar-refractivity contribution in [3.05, 3.63) is 51.2 Å². The molecule has 1 aliphatic carbocycles. The van der Waals surface area contributed by atoms with Gasteiger partial charge in [0.15, 0.2) is 0 Å². The number of pyridine rings is 1. The van der Waals surface area contributed by atoms with E-state index in [9.17, 15) is 9.59 Å². The summed E-state index contributed by atoms with van der Waals surface area (Å²) in [6.07, 6.45) is 2.70. The van der Waals surface area contributed by atoms with E-state index in [2.05, 4.69) is 15.4 Å². The number of rotatable bonds is 3. The van der Waals surface area contributed by atoms with Crippen LogP contribution in [0, 0.1) is 13.8 Å². The van der Waals surface area contributed by atoms with Crippen molar-refractivity contribution >= 4 is 5.91 Å². The van der Waals surface area contributed by atoms with Gasteiger partial charge in [0.2, 0.25) is 11.5 Å². The van der Waals surface area contributed by atoms with Crippen LogP contribution in [-0.2, 0) is 17.8 Å². The molecule has 0 fully saturated rings. The van der Waals surface area contributed by atoms with Gasteiger partial charge in [0.25, 0.3) is 0 Å². The maximum atomic E-state index is 12.3. The van der Waals surface area contributed by atoms with Gasteiger partial charge in [-0.15, -0.1) is 0 Å². The highest BCUT2D eigenvalue weighted by molar-refractivity contribution is 5.76. The maximum Gasteiger partial charge on any atom is 0.248 e. The van der Waals surface area contributed by atoms with E-state index in [1.807, 2.05) is 26.0 Å². The summed E-state index contributed by atoms with van der Waals surface area (Å²) in [5.74, 6) is -0.0600. The third-order valence-corrected chi connectivity index (χ3v) is 4.06. The molecular formula is C16H20N4O2. The predicted octanol–water partition coefficient (Wildman–Crippen LogP) is 1.38. The lowest BCUT2D eigenvalue weighted by Crippen LogP contribution is -2.34. The van der Waals surface area contributed by atoms with Crippen molar-refractivity contribution in [1.82, 2.24) is 20.1 Å². The summed E-state index contributed by atoms with van der Waals surface area (Å²) >= 11 is 0. The predicted molar refractivity (Wildman–Crippen MR) is 82.6 cm³/mol. The zero-order valence-corrected chi connectivity index (χ0v) is 12.8. The average molecular weight is 300 g/mol. The summed E-state index contributed by atoms with van der Waals surface area (Å²) in [5, 5.41) is 7.37. The number of carbonyl (C=O) groups excluding carboxylic acids is 1. The van der Waals surface area contributed by atoms with Gasteiger partial charge in [0.1, 0.15) is 6.54 Å². The molecule has 0 radical (unpaired) electrons. The van der Waals surface area contributed by atoms with E-state index in [0.29, 0.717) is 0 Å². The number of hydrogen-bond donors (Lipinski definition) is 2. The van der Waals surface area contributed by atoms with E-state index in [4.69, 9.17) is 0 Å². The first-order chi connectivity index (χ1) is 10.5. The third kappa shape index (κ3) is 2.95. The zero-order chi connectivity index (χ0) is 15.7. The Balaban J connectivity index is 1.73. The molecule has 0 spiro atoms. The van der Waals surface area contributed by atoms with Crippen LogP contribution in [0.15, 0.2) is 23.0 Å². The first-order valence-electron chi connectivity index (χ1n) is 7.55. The van der Waals surface area contributed by atoms with Gasteiger partial charge >= 0.3 is 0 Å². The molecule has 0 saturated carbocycles. The number of hydrogen-bond acceptors (Lipinski definition) is 3. The molecule has 0 aromatic carbocycles. The Morgan fingerprint density at radius 1 is 1.45 bits per heavy atom. The Hall–Kier alpha value is -2.37. The second-order valence-electron chi connectivity index (χ2n) is 5.85. The Morgan fingerprint density at radius 3 is 3.00 bits per heavy atom. The SMILES string of the molecule is Cc1cc(C)n(CC(=O)NC2CCCc3[nH]c(=O)ccc32)n1. The van der Waals surface area contributed by atoms with Crippen LogP contribution < -0.4 is 10.9 Å². The van der Waals surface area contributed by atoms with E-state index < -0.39 is 0 Å². The van der Waals surface area contributed by atoms with Crippen molar-refractivity contribution in [3.8, 4) is 0 Å². The van der Waals surface area contributed by atoms with Crippen molar-refractivity contribution in [1.29, 1.82) is 0 Å². The minimum atomic E-state index is -0.0895. The molecule has 1 atom stereocenters. The van der Waals surface area contributed by atoms with E-state index in [1.54, 1.807) is 4.68 Å². The number of aryl methyl sites for hydroxylation is 3. The fraction of sp³-hybridized carbons (Fsp3) is 0.438. The van der Waals surface area contributed by atoms with Crippen LogP contribution in [-0.4, -0.2) is 20.7 Å². The second-order valence-corrected chi connectivity index (χ2v) is 5.85. The molecule has 6 nitrogen and oxygen atoms in total. The van der Waals surface area contributed by atoms with E-state index >= 15 is 0 Å². The van der Waals surface area contributed by atoms with Gasteiger partial charge in [-0.1, -0.05) is 0 Å². The molecule has 3 rings (SSSR count). The summed E-state index contributed by atoms with van der Waals surface area (Å²) in [4.78, 5) is 26.5. The van der Waals surface area contributed by atoms with Crippen LogP contribution in [0.1, 0.15) is 41.5 Å². The number of fused-ring (bicyclic) bond motifs is 1. The van der Waals surface area contributed by atoms with Gasteiger partial charge in [0.05, 0.1) is 11.7 Å². The zero-order valence-electron chi connectivity index (χ0n) is 12.8. The highest BCUT2D eigenvalue weighted by atomic mass is 16.2. The lowest BCUT2D eigenvalue weighted by molar-refractivity contribution is -0.122. The van der Waals surface area contributed by atoms with Crippen molar-refractivity contribution in [2.45, 2.75) is 45.7 Å². The monoisotopic (exact) mass is 300 g/mol. The van der Waals surface area contributed by atoms with Gasteiger partial charge in [-0.2, -0.15) is 5.10 Å². The molecule has 0 saturated heterocycles. The Morgan fingerprint density at radius 2 is 2.27 bits per heavy atom. The van der Waals surface area contributed by atoms with E-state index in [0.717, 1.165) is 41.9 Å². The van der Waals surface area contributed by atoms with Crippen LogP contribution in [0.25, 0.3) is 0 Å². The quantitative estimate of drug-likeness (QED) is 0.898. The highest BCUT2D eigenvalue weighted by Gasteiger charge is 2.22. The van der Waals surface area contributed by atoms with Gasteiger partial charge in [-0.05, 0) is 50.8 Å². The molecule has 2 N–H and O–H groups in total. The lowest BCUT2D eigenvalue weighted by Gasteiger charge is -2.26. The first kappa shape index (κ1) is 14.6. The number of nitrogens with one attached hydrogen (secondary N) is 2. The molecule has 0 bridgehead atoms.